The molecule has 6 nitrogen and oxygen atoms in total. The minimum atomic E-state index is -3.58. The summed E-state index contributed by atoms with van der Waals surface area (Å²) in [5.74, 6) is 1.20. The largest absolute Gasteiger partial charge is 0.350 e. The first-order valence-electron chi connectivity index (χ1n) is 6.21. The van der Waals surface area contributed by atoms with Gasteiger partial charge in [0.1, 0.15) is 9.77 Å². The first-order chi connectivity index (χ1) is 9.57. The number of carbonyl (C=O) groups is 1. The molecule has 0 saturated carbocycles. The van der Waals surface area contributed by atoms with Crippen molar-refractivity contribution in [3.63, 3.8) is 0 Å². The highest BCUT2D eigenvalue weighted by molar-refractivity contribution is 7.99. The molecule has 0 radical (unpaired) electrons. The lowest BCUT2D eigenvalue weighted by Gasteiger charge is -2.25. The number of hydrogen-bond donors (Lipinski definition) is 2. The van der Waals surface area contributed by atoms with Gasteiger partial charge in [-0.2, -0.15) is 16.1 Å². The van der Waals surface area contributed by atoms with Gasteiger partial charge in [-0.25, -0.2) is 8.42 Å². The molecule has 0 spiro atoms. The van der Waals surface area contributed by atoms with E-state index < -0.39 is 10.0 Å². The monoisotopic (exact) mass is 335 g/mol. The summed E-state index contributed by atoms with van der Waals surface area (Å²) in [5.41, 5.74) is 5.33. The van der Waals surface area contributed by atoms with Gasteiger partial charge in [-0.05, 0) is 11.4 Å². The maximum Gasteiger partial charge on any atom is 0.262 e. The molecule has 2 heterocycles. The lowest BCUT2D eigenvalue weighted by molar-refractivity contribution is 0.0955. The summed E-state index contributed by atoms with van der Waals surface area (Å²) < 4.78 is 26.6. The Morgan fingerprint density at radius 1 is 1.40 bits per heavy atom. The SMILES string of the molecule is NCCNC(=O)c1sccc1S(=O)(=O)N1CCSCC1. The topological polar surface area (TPSA) is 92.5 Å². The fraction of sp³-hybridized carbons (Fsp3) is 0.545. The van der Waals surface area contributed by atoms with Crippen LogP contribution in [0.2, 0.25) is 0 Å². The molecule has 112 valence electrons. The third-order valence-corrected chi connectivity index (χ3v) is 6.78. The van der Waals surface area contributed by atoms with Crippen molar-refractivity contribution in [2.45, 2.75) is 4.90 Å². The maximum atomic E-state index is 12.6. The van der Waals surface area contributed by atoms with Gasteiger partial charge in [0.25, 0.3) is 5.91 Å². The van der Waals surface area contributed by atoms with Crippen LogP contribution >= 0.6 is 23.1 Å². The summed E-state index contributed by atoms with van der Waals surface area (Å²) in [7, 11) is -3.58. The third kappa shape index (κ3) is 3.34. The molecule has 0 aliphatic carbocycles. The van der Waals surface area contributed by atoms with Crippen LogP contribution in [0.1, 0.15) is 9.67 Å². The van der Waals surface area contributed by atoms with Gasteiger partial charge in [0.2, 0.25) is 10.0 Å². The number of sulfonamides is 1. The molecule has 1 aromatic heterocycles. The van der Waals surface area contributed by atoms with Crippen LogP contribution in [0, 0.1) is 0 Å². The van der Waals surface area contributed by atoms with Crippen LogP contribution in [0.3, 0.4) is 0 Å². The summed E-state index contributed by atoms with van der Waals surface area (Å²) in [6.45, 7) is 1.64. The third-order valence-electron chi connectivity index (χ3n) is 2.85. The molecule has 0 bridgehead atoms. The molecule has 1 fully saturated rings. The zero-order chi connectivity index (χ0) is 14.6. The second kappa shape index (κ2) is 6.90. The lowest BCUT2D eigenvalue weighted by Crippen LogP contribution is -2.38. The lowest BCUT2D eigenvalue weighted by atomic mass is 10.4. The van der Waals surface area contributed by atoms with E-state index in [1.165, 1.54) is 10.4 Å². The Hall–Kier alpha value is -0.610. The second-order valence-corrected chi connectivity index (χ2v) is 8.22. The Morgan fingerprint density at radius 2 is 2.10 bits per heavy atom. The van der Waals surface area contributed by atoms with Crippen molar-refractivity contribution < 1.29 is 13.2 Å². The number of nitrogens with one attached hydrogen (secondary N) is 1. The standard InChI is InChI=1S/C11H17N3O3S3/c12-2-3-13-11(15)10-9(1-6-19-10)20(16,17)14-4-7-18-8-5-14/h1,6H,2-5,7-8,12H2,(H,13,15). The fourth-order valence-corrected chi connectivity index (χ4v) is 5.75. The molecule has 20 heavy (non-hydrogen) atoms. The summed E-state index contributed by atoms with van der Waals surface area (Å²) in [6, 6.07) is 1.50. The molecule has 0 aromatic carbocycles. The van der Waals surface area contributed by atoms with Crippen molar-refractivity contribution in [3.8, 4) is 0 Å². The van der Waals surface area contributed by atoms with Gasteiger partial charge in [0, 0.05) is 37.7 Å². The van der Waals surface area contributed by atoms with Gasteiger partial charge >= 0.3 is 0 Å². The summed E-state index contributed by atoms with van der Waals surface area (Å²) in [5, 5.41) is 4.24. The van der Waals surface area contributed by atoms with Gasteiger partial charge in [-0.15, -0.1) is 11.3 Å². The molecule has 1 saturated heterocycles. The van der Waals surface area contributed by atoms with Crippen molar-refractivity contribution >= 4 is 39.0 Å². The number of amides is 1. The van der Waals surface area contributed by atoms with E-state index in [1.807, 2.05) is 0 Å². The number of carbonyl (C=O) groups excluding carboxylic acids is 1. The van der Waals surface area contributed by atoms with Gasteiger partial charge in [0.15, 0.2) is 0 Å². The zero-order valence-electron chi connectivity index (χ0n) is 10.9. The van der Waals surface area contributed by atoms with Crippen molar-refractivity contribution in [3.05, 3.63) is 16.3 Å². The second-order valence-electron chi connectivity index (χ2n) is 4.18. The normalized spacial score (nSPS) is 17.1. The van der Waals surface area contributed by atoms with E-state index in [9.17, 15) is 13.2 Å². The summed E-state index contributed by atoms with van der Waals surface area (Å²) in [4.78, 5) is 12.3. The van der Waals surface area contributed by atoms with E-state index in [1.54, 1.807) is 17.1 Å². The van der Waals surface area contributed by atoms with Crippen LogP contribution in [0.4, 0.5) is 0 Å². The van der Waals surface area contributed by atoms with Crippen LogP contribution in [0.5, 0.6) is 0 Å². The van der Waals surface area contributed by atoms with Gasteiger partial charge in [0.05, 0.1) is 0 Å². The van der Waals surface area contributed by atoms with Crippen LogP contribution in [0.15, 0.2) is 16.3 Å². The first kappa shape index (κ1) is 15.8. The smallest absolute Gasteiger partial charge is 0.262 e. The van der Waals surface area contributed by atoms with E-state index in [4.69, 9.17) is 5.73 Å². The predicted molar refractivity (Wildman–Crippen MR) is 81.8 cm³/mol. The highest BCUT2D eigenvalue weighted by Gasteiger charge is 2.30. The molecule has 9 heteroatoms. The molecular formula is C11H17N3O3S3. The van der Waals surface area contributed by atoms with Gasteiger partial charge in [-0.1, -0.05) is 0 Å². The van der Waals surface area contributed by atoms with E-state index in [0.717, 1.165) is 22.8 Å². The van der Waals surface area contributed by atoms with Crippen molar-refractivity contribution in [1.29, 1.82) is 0 Å². The summed E-state index contributed by atoms with van der Waals surface area (Å²) >= 11 is 2.87. The number of thioether (sulfide) groups is 1. The highest BCUT2D eigenvalue weighted by Crippen LogP contribution is 2.26. The van der Waals surface area contributed by atoms with Crippen LogP contribution in [-0.4, -0.2) is 56.3 Å². The Bertz CT molecular complexity index is 564. The van der Waals surface area contributed by atoms with E-state index in [2.05, 4.69) is 5.32 Å². The summed E-state index contributed by atoms with van der Waals surface area (Å²) in [6.07, 6.45) is 0. The predicted octanol–water partition coefficient (Wildman–Crippen LogP) is 0.174. The molecular weight excluding hydrogens is 318 g/mol. The number of nitrogens with zero attached hydrogens (tertiary/aromatic N) is 1. The molecule has 1 aromatic rings. The van der Waals surface area contributed by atoms with Crippen LogP contribution in [0.25, 0.3) is 0 Å². The minimum absolute atomic E-state index is 0.101. The zero-order valence-corrected chi connectivity index (χ0v) is 13.3. The van der Waals surface area contributed by atoms with E-state index in [-0.39, 0.29) is 15.7 Å². The Kier molecular flexibility index (Phi) is 5.44. The van der Waals surface area contributed by atoms with Gasteiger partial charge in [-0.3, -0.25) is 4.79 Å². The Labute approximate surface area is 126 Å². The minimum Gasteiger partial charge on any atom is -0.350 e. The van der Waals surface area contributed by atoms with Crippen molar-refractivity contribution in [2.75, 3.05) is 37.7 Å². The average Bonchev–Trinajstić information content (AvgIpc) is 2.96. The molecule has 1 amide bonds. The Balaban J connectivity index is 2.24. The highest BCUT2D eigenvalue weighted by atomic mass is 32.2. The average molecular weight is 335 g/mol. The molecule has 2 rings (SSSR count). The first-order valence-corrected chi connectivity index (χ1v) is 9.68. The van der Waals surface area contributed by atoms with E-state index in [0.29, 0.717) is 26.2 Å². The molecule has 0 unspecified atom stereocenters. The maximum absolute atomic E-state index is 12.6. The fourth-order valence-electron chi connectivity index (χ4n) is 1.86. The number of rotatable bonds is 5. The van der Waals surface area contributed by atoms with Crippen molar-refractivity contribution in [2.24, 2.45) is 5.73 Å². The molecule has 0 atom stereocenters. The number of nitrogens with two attached hydrogens (primary N) is 1. The Morgan fingerprint density at radius 3 is 2.75 bits per heavy atom. The molecule has 3 N–H and O–H groups in total. The van der Waals surface area contributed by atoms with Crippen LogP contribution < -0.4 is 11.1 Å². The molecule has 1 aliphatic rings. The molecule has 1 aliphatic heterocycles. The van der Waals surface area contributed by atoms with Gasteiger partial charge < -0.3 is 11.1 Å². The number of hydrogen-bond acceptors (Lipinski definition) is 6. The quantitative estimate of drug-likeness (QED) is 0.800. The van der Waals surface area contributed by atoms with Crippen molar-refractivity contribution in [1.82, 2.24) is 9.62 Å². The van der Waals surface area contributed by atoms with Crippen LogP contribution in [-0.2, 0) is 10.0 Å². The van der Waals surface area contributed by atoms with E-state index >= 15 is 0 Å². The number of thiophene rings is 1.